The van der Waals surface area contributed by atoms with E-state index in [-0.39, 0.29) is 0 Å². The van der Waals surface area contributed by atoms with Gasteiger partial charge in [0.25, 0.3) is 0 Å². The van der Waals surface area contributed by atoms with Crippen LogP contribution in [0.1, 0.15) is 0 Å². The first-order valence-electron chi connectivity index (χ1n) is 12.8. The van der Waals surface area contributed by atoms with E-state index in [1.807, 2.05) is 0 Å². The first-order chi connectivity index (χ1) is 17.8. The Balaban J connectivity index is 1.63. The van der Waals surface area contributed by atoms with Crippen molar-refractivity contribution in [2.75, 3.05) is 0 Å². The largest absolute Gasteiger partial charge is 0.154 e. The minimum Gasteiger partial charge on any atom is -0.0849 e. The Morgan fingerprint density at radius 1 is 0.389 bits per heavy atom. The topological polar surface area (TPSA) is 0 Å². The van der Waals surface area contributed by atoms with Crippen molar-refractivity contribution in [1.29, 1.82) is 0 Å². The first-order valence-corrected chi connectivity index (χ1v) is 12.8. The molecule has 1 heteroatoms. The molecule has 0 atom stereocenters. The van der Waals surface area contributed by atoms with Gasteiger partial charge >= 0.3 is 0 Å². The highest BCUT2D eigenvalue weighted by Crippen LogP contribution is 2.44. The number of benzene rings is 7. The Kier molecular flexibility index (Phi) is 4.89. The third-order valence-corrected chi connectivity index (χ3v) is 7.57. The van der Waals surface area contributed by atoms with Gasteiger partial charge in [0.1, 0.15) is 0 Å². The smallest absolute Gasteiger partial charge is 0.0849 e. The summed E-state index contributed by atoms with van der Waals surface area (Å²) in [6.07, 6.45) is 0. The van der Waals surface area contributed by atoms with Crippen LogP contribution in [0.25, 0.3) is 65.3 Å². The Morgan fingerprint density at radius 2 is 0.861 bits per heavy atom. The normalized spacial score (nSPS) is 11.5. The summed E-state index contributed by atoms with van der Waals surface area (Å²) < 4.78 is 0. The molecule has 0 bridgehead atoms. The van der Waals surface area contributed by atoms with Crippen molar-refractivity contribution in [2.45, 2.75) is 6.82 Å². The molecule has 7 rings (SSSR count). The maximum absolute atomic E-state index is 2.41. The van der Waals surface area contributed by atoms with Crippen molar-refractivity contribution in [3.05, 3.63) is 127 Å². The predicted molar refractivity (Wildman–Crippen MR) is 160 cm³/mol. The third-order valence-electron chi connectivity index (χ3n) is 7.57. The van der Waals surface area contributed by atoms with Crippen molar-refractivity contribution in [2.24, 2.45) is 0 Å². The van der Waals surface area contributed by atoms with E-state index in [4.69, 9.17) is 0 Å². The molecule has 0 aliphatic carbocycles. The van der Waals surface area contributed by atoms with Crippen LogP contribution >= 0.6 is 0 Å². The molecular weight excluding hydrogens is 431 g/mol. The SMILES string of the molecule is CBc1ccc2c(-c3ccc4ccccc4c3)c3ccccc3c(-c3ccc4ccccc4c3)c2c1. The summed E-state index contributed by atoms with van der Waals surface area (Å²) in [5, 5.41) is 10.3. The molecule has 0 aromatic heterocycles. The summed E-state index contributed by atoms with van der Waals surface area (Å²) in [5.41, 5.74) is 6.55. The Labute approximate surface area is 212 Å². The average Bonchev–Trinajstić information content (AvgIpc) is 2.95. The molecule has 0 saturated heterocycles. The van der Waals surface area contributed by atoms with Gasteiger partial charge in [-0.1, -0.05) is 128 Å². The Hall–Kier alpha value is -4.36. The molecule has 0 spiro atoms. The summed E-state index contributed by atoms with van der Waals surface area (Å²) >= 11 is 0. The van der Waals surface area contributed by atoms with E-state index in [0.717, 1.165) is 7.28 Å². The van der Waals surface area contributed by atoms with Gasteiger partial charge in [0, 0.05) is 0 Å². The second-order valence-corrected chi connectivity index (χ2v) is 9.65. The fourth-order valence-corrected chi connectivity index (χ4v) is 5.76. The number of fused-ring (bicyclic) bond motifs is 4. The summed E-state index contributed by atoms with van der Waals surface area (Å²) in [5.74, 6) is 0. The lowest BCUT2D eigenvalue weighted by molar-refractivity contribution is 1.68. The second-order valence-electron chi connectivity index (χ2n) is 9.65. The van der Waals surface area contributed by atoms with Crippen LogP contribution in [0.15, 0.2) is 127 Å². The minimum absolute atomic E-state index is 1.02. The molecule has 0 saturated carbocycles. The highest BCUT2D eigenvalue weighted by Gasteiger charge is 2.17. The van der Waals surface area contributed by atoms with Crippen LogP contribution < -0.4 is 5.46 Å². The summed E-state index contributed by atoms with van der Waals surface area (Å²) in [6.45, 7) is 2.24. The molecule has 0 fully saturated rings. The van der Waals surface area contributed by atoms with E-state index >= 15 is 0 Å². The highest BCUT2D eigenvalue weighted by molar-refractivity contribution is 6.52. The maximum atomic E-state index is 2.41. The lowest BCUT2D eigenvalue weighted by Crippen LogP contribution is -2.09. The highest BCUT2D eigenvalue weighted by atomic mass is 14.2. The Morgan fingerprint density at radius 3 is 1.42 bits per heavy atom. The molecule has 7 aromatic carbocycles. The van der Waals surface area contributed by atoms with Crippen molar-refractivity contribution in [1.82, 2.24) is 0 Å². The van der Waals surface area contributed by atoms with Crippen molar-refractivity contribution in [3.63, 3.8) is 0 Å². The molecule has 36 heavy (non-hydrogen) atoms. The zero-order valence-electron chi connectivity index (χ0n) is 20.3. The zero-order valence-corrected chi connectivity index (χ0v) is 20.3. The predicted octanol–water partition coefficient (Wildman–Crippen LogP) is 8.74. The number of rotatable bonds is 3. The molecule has 0 unspecified atom stereocenters. The summed E-state index contributed by atoms with van der Waals surface area (Å²) in [6, 6.07) is 47.0. The Bertz CT molecular complexity index is 1930. The van der Waals surface area contributed by atoms with E-state index in [0.29, 0.717) is 0 Å². The van der Waals surface area contributed by atoms with Gasteiger partial charge in [0.05, 0.1) is 0 Å². The van der Waals surface area contributed by atoms with Crippen LogP contribution in [0.2, 0.25) is 6.82 Å². The molecule has 0 N–H and O–H groups in total. The van der Waals surface area contributed by atoms with E-state index in [2.05, 4.69) is 134 Å². The van der Waals surface area contributed by atoms with Gasteiger partial charge in [0.15, 0.2) is 7.28 Å². The van der Waals surface area contributed by atoms with Crippen LogP contribution in [0.3, 0.4) is 0 Å². The molecule has 0 aliphatic heterocycles. The van der Waals surface area contributed by atoms with Crippen LogP contribution in [0.5, 0.6) is 0 Å². The monoisotopic (exact) mass is 456 g/mol. The van der Waals surface area contributed by atoms with Crippen molar-refractivity contribution in [3.8, 4) is 22.3 Å². The number of hydrogen-bond acceptors (Lipinski definition) is 0. The summed E-state index contributed by atoms with van der Waals surface area (Å²) in [4.78, 5) is 0. The quantitative estimate of drug-likeness (QED) is 0.184. The molecule has 0 aliphatic rings. The molecule has 0 radical (unpaired) electrons. The van der Waals surface area contributed by atoms with Gasteiger partial charge in [-0.25, -0.2) is 0 Å². The van der Waals surface area contributed by atoms with Gasteiger partial charge in [0.2, 0.25) is 0 Å². The first kappa shape index (κ1) is 21.0. The lowest BCUT2D eigenvalue weighted by Gasteiger charge is -2.19. The lowest BCUT2D eigenvalue weighted by atomic mass is 9.72. The van der Waals surface area contributed by atoms with Crippen molar-refractivity contribution >= 4 is 55.8 Å². The van der Waals surface area contributed by atoms with Gasteiger partial charge in [-0.3, -0.25) is 0 Å². The second kappa shape index (κ2) is 8.39. The number of hydrogen-bond donors (Lipinski definition) is 0. The van der Waals surface area contributed by atoms with Crippen LogP contribution in [0.4, 0.5) is 0 Å². The molecular formula is C35H25B. The molecule has 0 amide bonds. The molecule has 168 valence electrons. The maximum Gasteiger partial charge on any atom is 0.154 e. The van der Waals surface area contributed by atoms with Gasteiger partial charge in [-0.05, 0) is 77.5 Å². The van der Waals surface area contributed by atoms with E-state index in [9.17, 15) is 0 Å². The molecule has 0 heterocycles. The minimum atomic E-state index is 1.02. The van der Waals surface area contributed by atoms with Crippen LogP contribution in [0, 0.1) is 0 Å². The van der Waals surface area contributed by atoms with Gasteiger partial charge < -0.3 is 0 Å². The third kappa shape index (κ3) is 3.32. The van der Waals surface area contributed by atoms with Crippen LogP contribution in [-0.2, 0) is 0 Å². The summed E-state index contributed by atoms with van der Waals surface area (Å²) in [7, 11) is 1.02. The molecule has 0 nitrogen and oxygen atoms in total. The fraction of sp³-hybridized carbons (Fsp3) is 0.0286. The van der Waals surface area contributed by atoms with E-state index in [1.165, 1.54) is 70.8 Å². The zero-order chi connectivity index (χ0) is 24.1. The van der Waals surface area contributed by atoms with Gasteiger partial charge in [-0.15, -0.1) is 0 Å². The fourth-order valence-electron chi connectivity index (χ4n) is 5.76. The molecule has 7 aromatic rings. The van der Waals surface area contributed by atoms with E-state index < -0.39 is 0 Å². The van der Waals surface area contributed by atoms with Crippen molar-refractivity contribution < 1.29 is 0 Å². The standard InChI is InChI=1S/C35H25B/c1-36-29-18-19-32-33(22-29)35(28-17-15-24-9-3-5-11-26(24)21-28)31-13-7-6-12-30(31)34(32)27-16-14-23-8-2-4-10-25(23)20-27/h2-22,36H,1H3. The van der Waals surface area contributed by atoms with Gasteiger partial charge in [-0.2, -0.15) is 0 Å². The van der Waals surface area contributed by atoms with E-state index in [1.54, 1.807) is 0 Å². The van der Waals surface area contributed by atoms with Crippen LogP contribution in [-0.4, -0.2) is 7.28 Å². The average molecular weight is 456 g/mol.